The Hall–Kier alpha value is -2.09. The topological polar surface area (TPSA) is 21.6 Å². The van der Waals surface area contributed by atoms with E-state index in [1.807, 2.05) is 12.1 Å². The Morgan fingerprint density at radius 2 is 1.84 bits per heavy atom. The highest BCUT2D eigenvalue weighted by Crippen LogP contribution is 2.06. The van der Waals surface area contributed by atoms with Gasteiger partial charge < -0.3 is 4.84 Å². The molecule has 98 valence electrons. The first-order valence-electron chi connectivity index (χ1n) is 6.58. The lowest BCUT2D eigenvalue weighted by Crippen LogP contribution is -1.89. The van der Waals surface area contributed by atoms with Crippen molar-refractivity contribution in [2.24, 2.45) is 5.16 Å². The number of hydrogen-bond donors (Lipinski definition) is 0. The van der Waals surface area contributed by atoms with Crippen LogP contribution in [-0.4, -0.2) is 6.21 Å². The lowest BCUT2D eigenvalue weighted by atomic mass is 10.1. The largest absolute Gasteiger partial charge is 0.391 e. The van der Waals surface area contributed by atoms with E-state index in [-0.39, 0.29) is 0 Å². The highest BCUT2D eigenvalue weighted by Gasteiger charge is 1.93. The average molecular weight is 253 g/mol. The summed E-state index contributed by atoms with van der Waals surface area (Å²) in [6.45, 7) is 4.72. The van der Waals surface area contributed by atoms with Crippen LogP contribution in [-0.2, 0) is 17.9 Å². The number of nitrogens with zero attached hydrogens (tertiary/aromatic N) is 1. The third-order valence-corrected chi connectivity index (χ3v) is 2.98. The summed E-state index contributed by atoms with van der Waals surface area (Å²) in [6, 6.07) is 16.6. The van der Waals surface area contributed by atoms with Crippen molar-refractivity contribution < 1.29 is 4.84 Å². The summed E-state index contributed by atoms with van der Waals surface area (Å²) in [5, 5.41) is 4.00. The molecule has 0 radical (unpaired) electrons. The van der Waals surface area contributed by atoms with Crippen LogP contribution in [0.3, 0.4) is 0 Å². The standard InChI is InChI=1S/C17H19NO/c1-3-15-7-9-16(10-8-15)12-18-19-13-17-6-4-5-14(2)11-17/h4-12H,3,13H2,1-2H3. The second-order valence-corrected chi connectivity index (χ2v) is 4.59. The molecule has 19 heavy (non-hydrogen) atoms. The molecule has 0 bridgehead atoms. The van der Waals surface area contributed by atoms with Gasteiger partial charge in [0.05, 0.1) is 6.21 Å². The molecule has 0 atom stereocenters. The molecular weight excluding hydrogens is 234 g/mol. The molecule has 0 saturated carbocycles. The zero-order valence-electron chi connectivity index (χ0n) is 11.5. The Kier molecular flexibility index (Phi) is 4.73. The number of benzene rings is 2. The van der Waals surface area contributed by atoms with Crippen LogP contribution in [0.1, 0.15) is 29.2 Å². The van der Waals surface area contributed by atoms with Gasteiger partial charge in [-0.05, 0) is 30.0 Å². The molecule has 2 heteroatoms. The minimum absolute atomic E-state index is 0.505. The van der Waals surface area contributed by atoms with E-state index in [4.69, 9.17) is 4.84 Å². The molecule has 0 saturated heterocycles. The Balaban J connectivity index is 1.86. The van der Waals surface area contributed by atoms with Crippen molar-refractivity contribution in [1.29, 1.82) is 0 Å². The van der Waals surface area contributed by atoms with Gasteiger partial charge >= 0.3 is 0 Å². The van der Waals surface area contributed by atoms with Crippen molar-refractivity contribution in [3.63, 3.8) is 0 Å². The molecule has 0 aliphatic carbocycles. The summed E-state index contributed by atoms with van der Waals surface area (Å²) in [5.74, 6) is 0. The molecule has 0 fully saturated rings. The van der Waals surface area contributed by atoms with Crippen molar-refractivity contribution in [2.75, 3.05) is 0 Å². The number of oxime groups is 1. The van der Waals surface area contributed by atoms with Gasteiger partial charge in [0, 0.05) is 0 Å². The maximum absolute atomic E-state index is 5.30. The monoisotopic (exact) mass is 253 g/mol. The van der Waals surface area contributed by atoms with E-state index >= 15 is 0 Å². The van der Waals surface area contributed by atoms with Crippen molar-refractivity contribution in [1.82, 2.24) is 0 Å². The van der Waals surface area contributed by atoms with Gasteiger partial charge in [-0.3, -0.25) is 0 Å². The zero-order chi connectivity index (χ0) is 13.5. The van der Waals surface area contributed by atoms with Crippen LogP contribution in [0, 0.1) is 6.92 Å². The maximum atomic E-state index is 5.30. The predicted molar refractivity (Wildman–Crippen MR) is 79.4 cm³/mol. The number of hydrogen-bond acceptors (Lipinski definition) is 2. The van der Waals surface area contributed by atoms with Crippen molar-refractivity contribution in [3.05, 3.63) is 70.8 Å². The summed E-state index contributed by atoms with van der Waals surface area (Å²) in [6.07, 6.45) is 2.80. The Morgan fingerprint density at radius 3 is 2.53 bits per heavy atom. The Labute approximate surface area is 114 Å². The van der Waals surface area contributed by atoms with Crippen LogP contribution in [0.25, 0.3) is 0 Å². The molecule has 2 nitrogen and oxygen atoms in total. The normalized spacial score (nSPS) is 10.8. The molecule has 0 unspecified atom stereocenters. The molecule has 0 aromatic heterocycles. The van der Waals surface area contributed by atoms with E-state index in [1.54, 1.807) is 6.21 Å². The second-order valence-electron chi connectivity index (χ2n) is 4.59. The van der Waals surface area contributed by atoms with Gasteiger partial charge in [0.25, 0.3) is 0 Å². The fraction of sp³-hybridized carbons (Fsp3) is 0.235. The Bertz CT molecular complexity index is 543. The minimum Gasteiger partial charge on any atom is -0.391 e. The number of aryl methyl sites for hydroxylation is 2. The van der Waals surface area contributed by atoms with E-state index in [0.29, 0.717) is 6.61 Å². The molecule has 2 aromatic rings. The molecule has 2 aromatic carbocycles. The first-order chi connectivity index (χ1) is 9.28. The lowest BCUT2D eigenvalue weighted by Gasteiger charge is -2.01. The quantitative estimate of drug-likeness (QED) is 0.580. The third-order valence-electron chi connectivity index (χ3n) is 2.98. The zero-order valence-corrected chi connectivity index (χ0v) is 11.5. The van der Waals surface area contributed by atoms with E-state index in [1.165, 1.54) is 11.1 Å². The molecule has 0 aliphatic rings. The fourth-order valence-electron chi connectivity index (χ4n) is 1.85. The smallest absolute Gasteiger partial charge is 0.142 e. The molecule has 0 heterocycles. The van der Waals surface area contributed by atoms with Gasteiger partial charge in [0.15, 0.2) is 0 Å². The van der Waals surface area contributed by atoms with Crippen LogP contribution >= 0.6 is 0 Å². The highest BCUT2D eigenvalue weighted by molar-refractivity contribution is 5.79. The number of rotatable bonds is 5. The fourth-order valence-corrected chi connectivity index (χ4v) is 1.85. The molecule has 0 amide bonds. The van der Waals surface area contributed by atoms with Crippen molar-refractivity contribution >= 4 is 6.21 Å². The summed E-state index contributed by atoms with van der Waals surface area (Å²) >= 11 is 0. The van der Waals surface area contributed by atoms with Gasteiger partial charge in [-0.25, -0.2) is 0 Å². The summed E-state index contributed by atoms with van der Waals surface area (Å²) in [7, 11) is 0. The molecule has 0 aliphatic heterocycles. The van der Waals surface area contributed by atoms with Gasteiger partial charge in [-0.2, -0.15) is 0 Å². The maximum Gasteiger partial charge on any atom is 0.142 e. The van der Waals surface area contributed by atoms with Crippen LogP contribution in [0.4, 0.5) is 0 Å². The second kappa shape index (κ2) is 6.74. The van der Waals surface area contributed by atoms with Gasteiger partial charge in [-0.1, -0.05) is 66.2 Å². The van der Waals surface area contributed by atoms with E-state index in [2.05, 4.69) is 55.4 Å². The highest BCUT2D eigenvalue weighted by atomic mass is 16.6. The summed E-state index contributed by atoms with van der Waals surface area (Å²) in [4.78, 5) is 5.30. The van der Waals surface area contributed by atoms with Crippen LogP contribution < -0.4 is 0 Å². The van der Waals surface area contributed by atoms with Gasteiger partial charge in [-0.15, -0.1) is 0 Å². The molecule has 0 spiro atoms. The van der Waals surface area contributed by atoms with Crippen LogP contribution in [0.15, 0.2) is 53.7 Å². The van der Waals surface area contributed by atoms with Gasteiger partial charge in [0.2, 0.25) is 0 Å². The van der Waals surface area contributed by atoms with Gasteiger partial charge in [0.1, 0.15) is 6.61 Å². The first kappa shape index (κ1) is 13.3. The summed E-state index contributed by atoms with van der Waals surface area (Å²) in [5.41, 5.74) is 4.76. The third kappa shape index (κ3) is 4.25. The first-order valence-corrected chi connectivity index (χ1v) is 6.58. The van der Waals surface area contributed by atoms with E-state index in [9.17, 15) is 0 Å². The minimum atomic E-state index is 0.505. The molecule has 2 rings (SSSR count). The van der Waals surface area contributed by atoms with Crippen molar-refractivity contribution in [3.8, 4) is 0 Å². The van der Waals surface area contributed by atoms with Crippen LogP contribution in [0.5, 0.6) is 0 Å². The summed E-state index contributed by atoms with van der Waals surface area (Å²) < 4.78 is 0. The SMILES string of the molecule is CCc1ccc(C=NOCc2cccc(C)c2)cc1. The van der Waals surface area contributed by atoms with Crippen LogP contribution in [0.2, 0.25) is 0 Å². The molecule has 0 N–H and O–H groups in total. The van der Waals surface area contributed by atoms with Crippen molar-refractivity contribution in [2.45, 2.75) is 26.9 Å². The average Bonchev–Trinajstić information content (AvgIpc) is 2.44. The van der Waals surface area contributed by atoms with E-state index < -0.39 is 0 Å². The lowest BCUT2D eigenvalue weighted by molar-refractivity contribution is 0.132. The predicted octanol–water partition coefficient (Wildman–Crippen LogP) is 4.11. The van der Waals surface area contributed by atoms with E-state index in [0.717, 1.165) is 17.5 Å². The molecular formula is C17H19NO. The Morgan fingerprint density at radius 1 is 1.05 bits per heavy atom.